The largest absolute Gasteiger partial charge is 0.0885 e. The minimum absolute atomic E-state index is 0.222. The van der Waals surface area contributed by atoms with Crippen LogP contribution in [0.5, 0.6) is 0 Å². The minimum Gasteiger partial charge on any atom is -0.0885 e. The predicted octanol–water partition coefficient (Wildman–Crippen LogP) is 3.02. The number of rotatable bonds is 3. The van der Waals surface area contributed by atoms with Crippen LogP contribution in [0.15, 0.2) is 12.2 Å². The summed E-state index contributed by atoms with van der Waals surface area (Å²) in [5.41, 5.74) is 0.222. The molecule has 0 aromatic heterocycles. The molecule has 0 aliphatic rings. The second-order valence-electron chi connectivity index (χ2n) is 3.17. The third kappa shape index (κ3) is 7.74. The molecule has 0 saturated carbocycles. The zero-order valence-corrected chi connectivity index (χ0v) is 6.48. The van der Waals surface area contributed by atoms with E-state index in [1.165, 1.54) is 0 Å². The third-order valence-electron chi connectivity index (χ3n) is 1.15. The Morgan fingerprint density at radius 2 is 2.00 bits per heavy atom. The summed E-state index contributed by atoms with van der Waals surface area (Å²) in [6, 6.07) is 0. The highest BCUT2D eigenvalue weighted by molar-refractivity contribution is 4.85. The summed E-state index contributed by atoms with van der Waals surface area (Å²) < 4.78 is 0. The molecule has 0 aliphatic carbocycles. The second-order valence-corrected chi connectivity index (χ2v) is 3.17. The average molecular weight is 124 g/mol. The molecule has 0 N–H and O–H groups in total. The highest BCUT2D eigenvalue weighted by atomic mass is 14.1. The Kier molecular flexibility index (Phi) is 3.60. The quantitative estimate of drug-likeness (QED) is 0.542. The molecule has 0 aromatic carbocycles. The summed E-state index contributed by atoms with van der Waals surface area (Å²) >= 11 is 0. The van der Waals surface area contributed by atoms with Gasteiger partial charge in [0.2, 0.25) is 0 Å². The van der Waals surface area contributed by atoms with E-state index in [2.05, 4.69) is 33.8 Å². The van der Waals surface area contributed by atoms with Crippen LogP contribution in [0.4, 0.5) is 0 Å². The maximum absolute atomic E-state index is 3.99. The van der Waals surface area contributed by atoms with E-state index in [0.29, 0.717) is 0 Å². The van der Waals surface area contributed by atoms with Gasteiger partial charge in [0, 0.05) is 0 Å². The van der Waals surface area contributed by atoms with Crippen LogP contribution in [0.3, 0.4) is 0 Å². The van der Waals surface area contributed by atoms with Crippen LogP contribution in [0.2, 0.25) is 0 Å². The summed E-state index contributed by atoms with van der Waals surface area (Å²) in [6.07, 6.45) is 6.15. The van der Waals surface area contributed by atoms with Crippen LogP contribution >= 0.6 is 0 Å². The fourth-order valence-electron chi connectivity index (χ4n) is 0.592. The lowest BCUT2D eigenvalue weighted by molar-refractivity contribution is 0.437. The second kappa shape index (κ2) is 3.71. The first-order chi connectivity index (χ1) is 4.06. The third-order valence-corrected chi connectivity index (χ3v) is 1.15. The summed E-state index contributed by atoms with van der Waals surface area (Å²) in [6.45, 7) is 11.9. The molecule has 0 atom stereocenters. The van der Waals surface area contributed by atoms with Gasteiger partial charge >= 0.3 is 0 Å². The van der Waals surface area contributed by atoms with Gasteiger partial charge in [-0.05, 0) is 32.1 Å². The zero-order valence-electron chi connectivity index (χ0n) is 6.48. The van der Waals surface area contributed by atoms with Crippen LogP contribution in [-0.2, 0) is 0 Å². The Morgan fingerprint density at radius 3 is 2.33 bits per heavy atom. The van der Waals surface area contributed by atoms with Crippen molar-refractivity contribution in [2.45, 2.75) is 26.7 Å². The summed E-state index contributed by atoms with van der Waals surface area (Å²) in [5.74, 6) is 0. The smallest absolute Gasteiger partial charge is 0.0316 e. The minimum atomic E-state index is 0.222. The maximum atomic E-state index is 3.99. The fraction of sp³-hybridized carbons (Fsp3) is 0.556. The van der Waals surface area contributed by atoms with Gasteiger partial charge in [-0.3, -0.25) is 0 Å². The highest BCUT2D eigenvalue weighted by Crippen LogP contribution is 2.19. The normalized spacial score (nSPS) is 12.9. The van der Waals surface area contributed by atoms with Crippen LogP contribution in [-0.4, -0.2) is 0 Å². The molecule has 0 fully saturated rings. The van der Waals surface area contributed by atoms with Crippen molar-refractivity contribution in [1.82, 2.24) is 0 Å². The van der Waals surface area contributed by atoms with Gasteiger partial charge in [0.15, 0.2) is 0 Å². The van der Waals surface area contributed by atoms with Gasteiger partial charge in [0.25, 0.3) is 0 Å². The van der Waals surface area contributed by atoms with Gasteiger partial charge in [-0.1, -0.05) is 26.0 Å². The van der Waals surface area contributed by atoms with Crippen molar-refractivity contribution >= 4 is 0 Å². The lowest BCUT2D eigenvalue weighted by atomic mass is 9.91. The molecule has 0 unspecified atom stereocenters. The summed E-state index contributed by atoms with van der Waals surface area (Å²) in [4.78, 5) is 0. The van der Waals surface area contributed by atoms with E-state index in [1.54, 1.807) is 0 Å². The molecule has 2 radical (unpaired) electrons. The molecule has 0 bridgehead atoms. The van der Waals surface area contributed by atoms with E-state index in [-0.39, 0.29) is 5.41 Å². The predicted molar refractivity (Wildman–Crippen MR) is 42.9 cm³/mol. The molecular weight excluding hydrogens is 108 g/mol. The molecule has 0 nitrogen and oxygen atoms in total. The molecule has 0 heterocycles. The van der Waals surface area contributed by atoms with E-state index in [1.807, 2.05) is 6.08 Å². The van der Waals surface area contributed by atoms with Crippen molar-refractivity contribution in [1.29, 1.82) is 0 Å². The summed E-state index contributed by atoms with van der Waals surface area (Å²) in [5, 5.41) is 0. The number of hydrogen-bond donors (Lipinski definition) is 0. The SMILES string of the molecule is [CH2]C=CCCC([CH2])(C)C. The van der Waals surface area contributed by atoms with Crippen molar-refractivity contribution < 1.29 is 0 Å². The Labute approximate surface area is 59.0 Å². The van der Waals surface area contributed by atoms with Crippen molar-refractivity contribution in [3.05, 3.63) is 26.0 Å². The Balaban J connectivity index is 3.28. The standard InChI is InChI=1S/C9H16/c1-5-6-7-8-9(2,3)4/h5-6H,1-2,7-8H2,3-4H3. The number of hydrogen-bond acceptors (Lipinski definition) is 0. The maximum Gasteiger partial charge on any atom is -0.0316 e. The van der Waals surface area contributed by atoms with E-state index in [0.717, 1.165) is 12.8 Å². The Bertz CT molecular complexity index is 82.7. The van der Waals surface area contributed by atoms with Crippen LogP contribution in [0, 0.1) is 19.3 Å². The first-order valence-corrected chi connectivity index (χ1v) is 3.36. The molecule has 52 valence electrons. The molecule has 0 amide bonds. The van der Waals surface area contributed by atoms with Crippen molar-refractivity contribution in [3.63, 3.8) is 0 Å². The van der Waals surface area contributed by atoms with Crippen molar-refractivity contribution in [3.8, 4) is 0 Å². The molecule has 0 rings (SSSR count). The Hall–Kier alpha value is -0.260. The molecule has 0 spiro atoms. The van der Waals surface area contributed by atoms with Gasteiger partial charge in [0.1, 0.15) is 0 Å². The topological polar surface area (TPSA) is 0 Å². The van der Waals surface area contributed by atoms with Gasteiger partial charge in [-0.25, -0.2) is 0 Å². The molecule has 0 aromatic rings. The highest BCUT2D eigenvalue weighted by Gasteiger charge is 2.07. The van der Waals surface area contributed by atoms with Gasteiger partial charge in [-0.2, -0.15) is 0 Å². The van der Waals surface area contributed by atoms with E-state index in [4.69, 9.17) is 0 Å². The lowest BCUT2D eigenvalue weighted by Gasteiger charge is -2.15. The van der Waals surface area contributed by atoms with Crippen LogP contribution in [0.25, 0.3) is 0 Å². The Morgan fingerprint density at radius 1 is 1.44 bits per heavy atom. The molecular formula is C9H16. The molecule has 9 heavy (non-hydrogen) atoms. The van der Waals surface area contributed by atoms with E-state index < -0.39 is 0 Å². The summed E-state index contributed by atoms with van der Waals surface area (Å²) in [7, 11) is 0. The molecule has 0 saturated heterocycles. The van der Waals surface area contributed by atoms with E-state index >= 15 is 0 Å². The van der Waals surface area contributed by atoms with E-state index in [9.17, 15) is 0 Å². The van der Waals surface area contributed by atoms with Crippen molar-refractivity contribution in [2.24, 2.45) is 5.41 Å². The van der Waals surface area contributed by atoms with Gasteiger partial charge < -0.3 is 0 Å². The molecule has 0 aliphatic heterocycles. The van der Waals surface area contributed by atoms with Gasteiger partial charge in [-0.15, -0.1) is 0 Å². The van der Waals surface area contributed by atoms with Crippen LogP contribution in [0.1, 0.15) is 26.7 Å². The zero-order chi connectivity index (χ0) is 7.33. The average Bonchev–Trinajstić information content (AvgIpc) is 1.63. The lowest BCUT2D eigenvalue weighted by Crippen LogP contribution is -2.03. The fourth-order valence-corrected chi connectivity index (χ4v) is 0.592. The first kappa shape index (κ1) is 8.74. The number of allylic oxidation sites excluding steroid dienone is 2. The monoisotopic (exact) mass is 124 g/mol. The van der Waals surface area contributed by atoms with Crippen molar-refractivity contribution in [2.75, 3.05) is 0 Å². The first-order valence-electron chi connectivity index (χ1n) is 3.36. The molecule has 0 heteroatoms. The van der Waals surface area contributed by atoms with Gasteiger partial charge in [0.05, 0.1) is 0 Å². The van der Waals surface area contributed by atoms with Crippen LogP contribution < -0.4 is 0 Å².